The number of amides is 1. The van der Waals surface area contributed by atoms with E-state index in [0.29, 0.717) is 28.0 Å². The number of para-hydroxylation sites is 1. The summed E-state index contributed by atoms with van der Waals surface area (Å²) in [5.41, 5.74) is 3.27. The van der Waals surface area contributed by atoms with E-state index in [-0.39, 0.29) is 11.6 Å². The predicted octanol–water partition coefficient (Wildman–Crippen LogP) is 3.92. The van der Waals surface area contributed by atoms with E-state index >= 15 is 0 Å². The van der Waals surface area contributed by atoms with E-state index in [4.69, 9.17) is 4.74 Å². The molecule has 0 bridgehead atoms. The Hall–Kier alpha value is -3.72. The van der Waals surface area contributed by atoms with Gasteiger partial charge in [-0.25, -0.2) is 14.6 Å². The van der Waals surface area contributed by atoms with Crippen molar-refractivity contribution in [3.63, 3.8) is 0 Å². The number of aromatic nitrogens is 5. The van der Waals surface area contributed by atoms with Crippen LogP contribution in [0.15, 0.2) is 72.1 Å². The number of rotatable bonds is 7. The maximum absolute atomic E-state index is 13.1. The van der Waals surface area contributed by atoms with E-state index in [1.54, 1.807) is 30.3 Å². The molecule has 4 aromatic rings. The van der Waals surface area contributed by atoms with Crippen LogP contribution in [0.5, 0.6) is 5.75 Å². The van der Waals surface area contributed by atoms with Crippen molar-refractivity contribution in [3.05, 3.63) is 83.9 Å². The summed E-state index contributed by atoms with van der Waals surface area (Å²) in [5, 5.41) is 11.9. The number of methoxy groups -OCH3 is 1. The Morgan fingerprint density at radius 1 is 1.10 bits per heavy atom. The monoisotopic (exact) mass is 432 g/mol. The number of ether oxygens (including phenoxy) is 1. The molecule has 1 amide bonds. The van der Waals surface area contributed by atoms with E-state index in [1.807, 2.05) is 55.5 Å². The Labute approximate surface area is 183 Å². The van der Waals surface area contributed by atoms with Gasteiger partial charge < -0.3 is 10.1 Å². The number of carbonyl (C=O) groups excluding carboxylic acids is 1. The zero-order valence-corrected chi connectivity index (χ0v) is 17.8. The molecule has 9 heteroatoms. The van der Waals surface area contributed by atoms with Gasteiger partial charge in [-0.3, -0.25) is 4.79 Å². The predicted molar refractivity (Wildman–Crippen MR) is 119 cm³/mol. The summed E-state index contributed by atoms with van der Waals surface area (Å²) < 4.78 is 7.04. The van der Waals surface area contributed by atoms with Gasteiger partial charge in [-0.15, -0.1) is 5.10 Å². The lowest BCUT2D eigenvalue weighted by molar-refractivity contribution is 0.102. The number of thioether (sulfide) groups is 1. The third-order valence-corrected chi connectivity index (χ3v) is 5.35. The van der Waals surface area contributed by atoms with Crippen LogP contribution in [-0.4, -0.2) is 38.0 Å². The highest BCUT2D eigenvalue weighted by molar-refractivity contribution is 7.98. The maximum atomic E-state index is 13.1. The fraction of sp³-hybridized carbons (Fsp3) is 0.136. The summed E-state index contributed by atoms with van der Waals surface area (Å²) >= 11 is 1.41. The Morgan fingerprint density at radius 2 is 1.87 bits per heavy atom. The molecule has 2 heterocycles. The van der Waals surface area contributed by atoms with Gasteiger partial charge in [0.25, 0.3) is 5.91 Å². The number of hydrogen-bond acceptors (Lipinski definition) is 7. The molecule has 0 radical (unpaired) electrons. The molecule has 0 aliphatic heterocycles. The van der Waals surface area contributed by atoms with Crippen molar-refractivity contribution in [2.24, 2.45) is 0 Å². The van der Waals surface area contributed by atoms with Crippen LogP contribution < -0.4 is 10.1 Å². The zero-order valence-electron chi connectivity index (χ0n) is 17.0. The van der Waals surface area contributed by atoms with Crippen molar-refractivity contribution in [1.82, 2.24) is 25.0 Å². The minimum atomic E-state index is -0.365. The molecule has 0 fully saturated rings. The second-order valence-electron chi connectivity index (χ2n) is 6.61. The number of carbonyl (C=O) groups is 1. The standard InChI is InChI=1S/C22H20N6O2S/c1-15-9-10-19(30-2)17(13-15)25-21(29)20-18(14-31-22-23-11-6-12-24-22)28(27-26-20)16-7-4-3-5-8-16/h3-13H,14H2,1-2H3,(H,25,29). The van der Waals surface area contributed by atoms with Crippen molar-refractivity contribution in [2.75, 3.05) is 12.4 Å². The number of nitrogens with zero attached hydrogens (tertiary/aromatic N) is 5. The minimum Gasteiger partial charge on any atom is -0.495 e. The highest BCUT2D eigenvalue weighted by Gasteiger charge is 2.22. The first-order chi connectivity index (χ1) is 15.2. The summed E-state index contributed by atoms with van der Waals surface area (Å²) in [5.74, 6) is 0.623. The smallest absolute Gasteiger partial charge is 0.278 e. The van der Waals surface area contributed by atoms with Crippen LogP contribution in [0.25, 0.3) is 5.69 Å². The van der Waals surface area contributed by atoms with Crippen LogP contribution in [0.3, 0.4) is 0 Å². The molecule has 2 aromatic heterocycles. The number of anilines is 1. The first kappa shape index (κ1) is 20.5. The summed E-state index contributed by atoms with van der Waals surface area (Å²) in [4.78, 5) is 21.6. The van der Waals surface area contributed by atoms with Gasteiger partial charge in [0.15, 0.2) is 10.9 Å². The Kier molecular flexibility index (Phi) is 6.23. The summed E-state index contributed by atoms with van der Waals surface area (Å²) in [6.07, 6.45) is 3.36. The van der Waals surface area contributed by atoms with Gasteiger partial charge in [-0.1, -0.05) is 41.2 Å². The summed E-state index contributed by atoms with van der Waals surface area (Å²) in [6.45, 7) is 1.95. The van der Waals surface area contributed by atoms with Crippen molar-refractivity contribution >= 4 is 23.4 Å². The Bertz CT molecular complexity index is 1180. The van der Waals surface area contributed by atoms with Crippen LogP contribution in [0.1, 0.15) is 21.7 Å². The number of nitrogens with one attached hydrogen (secondary N) is 1. The topological polar surface area (TPSA) is 94.8 Å². The second-order valence-corrected chi connectivity index (χ2v) is 7.55. The fourth-order valence-electron chi connectivity index (χ4n) is 2.98. The molecule has 0 aliphatic rings. The summed E-state index contributed by atoms with van der Waals surface area (Å²) in [7, 11) is 1.56. The minimum absolute atomic E-state index is 0.232. The van der Waals surface area contributed by atoms with Gasteiger partial charge in [-0.05, 0) is 42.8 Å². The van der Waals surface area contributed by atoms with Crippen LogP contribution in [0.4, 0.5) is 5.69 Å². The number of benzene rings is 2. The van der Waals surface area contributed by atoms with E-state index in [9.17, 15) is 4.79 Å². The fourth-order valence-corrected chi connectivity index (χ4v) is 3.77. The van der Waals surface area contributed by atoms with Gasteiger partial charge >= 0.3 is 0 Å². The third-order valence-electron chi connectivity index (χ3n) is 4.46. The largest absolute Gasteiger partial charge is 0.495 e. The average molecular weight is 433 g/mol. The normalized spacial score (nSPS) is 10.6. The molecule has 0 aliphatic carbocycles. The first-order valence-electron chi connectivity index (χ1n) is 9.51. The second kappa shape index (κ2) is 9.40. The molecule has 8 nitrogen and oxygen atoms in total. The SMILES string of the molecule is COc1ccc(C)cc1NC(=O)c1nnn(-c2ccccc2)c1CSc1ncccn1. The highest BCUT2D eigenvalue weighted by atomic mass is 32.2. The van der Waals surface area contributed by atoms with Crippen molar-refractivity contribution < 1.29 is 9.53 Å². The molecule has 0 spiro atoms. The first-order valence-corrected chi connectivity index (χ1v) is 10.5. The molecular formula is C22H20N6O2S. The lowest BCUT2D eigenvalue weighted by atomic mass is 10.2. The van der Waals surface area contributed by atoms with Crippen LogP contribution in [0.2, 0.25) is 0 Å². The Balaban J connectivity index is 1.67. The molecule has 2 aromatic carbocycles. The van der Waals surface area contributed by atoms with Gasteiger partial charge in [0.05, 0.1) is 24.2 Å². The van der Waals surface area contributed by atoms with Gasteiger partial charge in [0, 0.05) is 18.1 Å². The molecule has 31 heavy (non-hydrogen) atoms. The highest BCUT2D eigenvalue weighted by Crippen LogP contribution is 2.27. The average Bonchev–Trinajstić information content (AvgIpc) is 3.23. The lowest BCUT2D eigenvalue weighted by Gasteiger charge is -2.11. The van der Waals surface area contributed by atoms with E-state index in [2.05, 4.69) is 25.6 Å². The zero-order chi connectivity index (χ0) is 21.6. The van der Waals surface area contributed by atoms with Crippen LogP contribution in [-0.2, 0) is 5.75 Å². The van der Waals surface area contributed by atoms with E-state index in [1.165, 1.54) is 11.8 Å². The van der Waals surface area contributed by atoms with Crippen molar-refractivity contribution in [1.29, 1.82) is 0 Å². The molecule has 0 unspecified atom stereocenters. The van der Waals surface area contributed by atoms with Gasteiger partial charge in [0.1, 0.15) is 5.75 Å². The molecule has 1 N–H and O–H groups in total. The van der Waals surface area contributed by atoms with Crippen LogP contribution >= 0.6 is 11.8 Å². The van der Waals surface area contributed by atoms with Gasteiger partial charge in [-0.2, -0.15) is 0 Å². The van der Waals surface area contributed by atoms with Crippen molar-refractivity contribution in [3.8, 4) is 11.4 Å². The maximum Gasteiger partial charge on any atom is 0.278 e. The quantitative estimate of drug-likeness (QED) is 0.349. The van der Waals surface area contributed by atoms with E-state index in [0.717, 1.165) is 11.3 Å². The van der Waals surface area contributed by atoms with Crippen molar-refractivity contribution in [2.45, 2.75) is 17.8 Å². The molecule has 0 saturated carbocycles. The van der Waals surface area contributed by atoms with Crippen LogP contribution in [0, 0.1) is 6.92 Å². The molecular weight excluding hydrogens is 412 g/mol. The molecule has 4 rings (SSSR count). The third kappa shape index (κ3) is 4.72. The molecule has 156 valence electrons. The van der Waals surface area contributed by atoms with E-state index < -0.39 is 0 Å². The molecule has 0 saturated heterocycles. The lowest BCUT2D eigenvalue weighted by Crippen LogP contribution is -2.16. The Morgan fingerprint density at radius 3 is 2.61 bits per heavy atom. The summed E-state index contributed by atoms with van der Waals surface area (Å²) in [6, 6.07) is 16.9. The van der Waals surface area contributed by atoms with Gasteiger partial charge in [0.2, 0.25) is 0 Å². The number of aryl methyl sites for hydroxylation is 1. The number of hydrogen-bond donors (Lipinski definition) is 1. The molecule has 0 atom stereocenters.